The third-order valence-electron chi connectivity index (χ3n) is 8.02. The van der Waals surface area contributed by atoms with Crippen LogP contribution in [0.2, 0.25) is 0 Å². The number of sulfonamides is 1. The first kappa shape index (κ1) is 34.3. The average molecular weight is 679 g/mol. The van der Waals surface area contributed by atoms with Crippen LogP contribution in [-0.4, -0.2) is 55.1 Å². The minimum atomic E-state index is -3.38. The van der Waals surface area contributed by atoms with Gasteiger partial charge in [0.05, 0.1) is 17.5 Å². The number of aryl methyl sites for hydroxylation is 1. The van der Waals surface area contributed by atoms with Gasteiger partial charge in [-0.15, -0.1) is 0 Å². The summed E-state index contributed by atoms with van der Waals surface area (Å²) in [5.74, 6) is -2.32. The van der Waals surface area contributed by atoms with Crippen molar-refractivity contribution in [1.82, 2.24) is 15.2 Å². The quantitative estimate of drug-likeness (QED) is 0.167. The highest BCUT2D eigenvalue weighted by Crippen LogP contribution is 2.27. The Hall–Kier alpha value is -5.08. The Morgan fingerprint density at radius 2 is 1.79 bits per heavy atom. The van der Waals surface area contributed by atoms with Crippen LogP contribution in [0.3, 0.4) is 0 Å². The molecule has 5 rings (SSSR count). The van der Waals surface area contributed by atoms with Crippen LogP contribution in [0.25, 0.3) is 0 Å². The fourth-order valence-corrected chi connectivity index (χ4v) is 6.21. The molecule has 3 aromatic carbocycles. The number of anilines is 2. The van der Waals surface area contributed by atoms with Crippen molar-refractivity contribution in [3.05, 3.63) is 113 Å². The van der Waals surface area contributed by atoms with Gasteiger partial charge in [0, 0.05) is 49.2 Å². The number of aromatic nitrogens is 1. The number of carbonyl (C=O) groups excluding carboxylic acids is 2. The highest BCUT2D eigenvalue weighted by molar-refractivity contribution is 7.92. The molecule has 0 aliphatic carbocycles. The molecular weight excluding hydrogens is 642 g/mol. The Balaban J connectivity index is 1.24. The van der Waals surface area contributed by atoms with E-state index in [-0.39, 0.29) is 17.8 Å². The topological polar surface area (TPSA) is 156 Å². The molecule has 2 atom stereocenters. The van der Waals surface area contributed by atoms with Crippen molar-refractivity contribution in [3.8, 4) is 11.6 Å². The second-order valence-electron chi connectivity index (χ2n) is 11.8. The molecule has 1 aliphatic heterocycles. The molecule has 2 unspecified atom stereocenters. The largest absolute Gasteiger partial charge is 0.439 e. The summed E-state index contributed by atoms with van der Waals surface area (Å²) in [6, 6.07) is 18.8. The minimum Gasteiger partial charge on any atom is -0.439 e. The number of nitrogens with one attached hydrogen (secondary N) is 3. The summed E-state index contributed by atoms with van der Waals surface area (Å²) in [4.78, 5) is 31.2. The summed E-state index contributed by atoms with van der Waals surface area (Å²) in [6.45, 7) is 3.32. The van der Waals surface area contributed by atoms with Gasteiger partial charge in [0.15, 0.2) is 0 Å². The molecule has 3 amide bonds. The summed E-state index contributed by atoms with van der Waals surface area (Å²) < 4.78 is 59.4. The van der Waals surface area contributed by atoms with Crippen LogP contribution in [0, 0.1) is 18.6 Å². The van der Waals surface area contributed by atoms with Crippen LogP contribution >= 0.6 is 0 Å². The molecule has 48 heavy (non-hydrogen) atoms. The number of hydrogen-bond acceptors (Lipinski definition) is 7. The molecule has 0 saturated carbocycles. The molecule has 0 radical (unpaired) electrons. The molecule has 0 spiro atoms. The molecule has 2 heterocycles. The fraction of sp³-hybridized carbons (Fsp3) is 0.265. The van der Waals surface area contributed by atoms with Gasteiger partial charge in [0.2, 0.25) is 15.9 Å². The van der Waals surface area contributed by atoms with Crippen molar-refractivity contribution in [3.63, 3.8) is 0 Å². The molecule has 1 aromatic heterocycles. The van der Waals surface area contributed by atoms with Gasteiger partial charge in [-0.2, -0.15) is 0 Å². The lowest BCUT2D eigenvalue weighted by Gasteiger charge is -2.40. The number of halogens is 2. The maximum absolute atomic E-state index is 14.4. The van der Waals surface area contributed by atoms with E-state index in [1.54, 1.807) is 36.5 Å². The molecule has 4 aromatic rings. The van der Waals surface area contributed by atoms with Crippen LogP contribution in [0.4, 0.5) is 25.0 Å². The van der Waals surface area contributed by atoms with E-state index in [0.717, 1.165) is 29.9 Å². The molecule has 1 fully saturated rings. The molecule has 1 saturated heterocycles. The van der Waals surface area contributed by atoms with Gasteiger partial charge in [0.1, 0.15) is 17.4 Å². The lowest BCUT2D eigenvalue weighted by Crippen LogP contribution is -2.51. The van der Waals surface area contributed by atoms with Crippen molar-refractivity contribution in [2.75, 3.05) is 22.8 Å². The fourth-order valence-electron chi connectivity index (χ4n) is 5.65. The van der Waals surface area contributed by atoms with Crippen molar-refractivity contribution in [2.24, 2.45) is 5.73 Å². The standard InChI is InChI=1S/C34H36F2N6O5S/c1-21-5-3-4-6-23(21)15-26-16-25(39-34(44)40-31-17-28(33(37)43)29(35)18-30(31)36)13-14-42(26)20-22-7-12-32(38-19-22)47-27-10-8-24(9-11-27)41-48(2,45)46/h3-12,17-19,25-26,41H,13-16,20H2,1-2H3,(H2,37,43)(H2,39,40,44). The predicted octanol–water partition coefficient (Wildman–Crippen LogP) is 5.33. The minimum absolute atomic E-state index is 0.0455. The third kappa shape index (κ3) is 9.26. The number of amides is 3. The van der Waals surface area contributed by atoms with Crippen molar-refractivity contribution < 1.29 is 31.5 Å². The molecular formula is C34H36F2N6O5S. The number of nitrogens with zero attached hydrogens (tertiary/aromatic N) is 2. The van der Waals surface area contributed by atoms with Crippen LogP contribution in [0.1, 0.15) is 39.9 Å². The number of benzene rings is 3. The zero-order valence-corrected chi connectivity index (χ0v) is 27.2. The van der Waals surface area contributed by atoms with Gasteiger partial charge in [-0.1, -0.05) is 30.3 Å². The second kappa shape index (κ2) is 14.8. The molecule has 14 heteroatoms. The average Bonchev–Trinajstić information content (AvgIpc) is 3.02. The van der Waals surface area contributed by atoms with Crippen LogP contribution in [0.5, 0.6) is 11.6 Å². The number of likely N-dealkylation sites (tertiary alicyclic amines) is 1. The number of nitrogens with two attached hydrogens (primary N) is 1. The Labute approximate surface area is 277 Å². The van der Waals surface area contributed by atoms with Crippen LogP contribution < -0.4 is 25.8 Å². The van der Waals surface area contributed by atoms with E-state index in [1.807, 2.05) is 18.2 Å². The SMILES string of the molecule is Cc1ccccc1CC1CC(NC(=O)Nc2cc(C(N)=O)c(F)cc2F)CCN1Cc1ccc(Oc2ccc(NS(C)(=O)=O)cc2)nc1. The maximum atomic E-state index is 14.4. The Bertz CT molecular complexity index is 1890. The van der Waals surface area contributed by atoms with Crippen LogP contribution in [0.15, 0.2) is 79.0 Å². The number of primary amides is 1. The second-order valence-corrected chi connectivity index (χ2v) is 13.5. The zero-order chi connectivity index (χ0) is 34.4. The van der Waals surface area contributed by atoms with Gasteiger partial charge in [-0.25, -0.2) is 27.0 Å². The van der Waals surface area contributed by atoms with Crippen molar-refractivity contribution in [1.29, 1.82) is 0 Å². The first-order valence-corrected chi connectivity index (χ1v) is 17.1. The number of ether oxygens (including phenoxy) is 1. The first-order valence-electron chi connectivity index (χ1n) is 15.2. The Kier molecular flexibility index (Phi) is 10.5. The summed E-state index contributed by atoms with van der Waals surface area (Å²) >= 11 is 0. The van der Waals surface area contributed by atoms with Gasteiger partial charge in [0.25, 0.3) is 5.91 Å². The van der Waals surface area contributed by atoms with Gasteiger partial charge < -0.3 is 21.1 Å². The number of hydrogen-bond donors (Lipinski definition) is 4. The zero-order valence-electron chi connectivity index (χ0n) is 26.4. The smallest absolute Gasteiger partial charge is 0.319 e. The molecule has 252 valence electrons. The first-order chi connectivity index (χ1) is 22.8. The predicted molar refractivity (Wildman–Crippen MR) is 178 cm³/mol. The van der Waals surface area contributed by atoms with E-state index < -0.39 is 39.2 Å². The third-order valence-corrected chi connectivity index (χ3v) is 8.63. The van der Waals surface area contributed by atoms with E-state index >= 15 is 0 Å². The van der Waals surface area contributed by atoms with E-state index in [4.69, 9.17) is 10.5 Å². The number of rotatable bonds is 11. The lowest BCUT2D eigenvalue weighted by molar-refractivity contribution is 0.0996. The summed E-state index contributed by atoms with van der Waals surface area (Å²) in [5.41, 5.74) is 8.03. The summed E-state index contributed by atoms with van der Waals surface area (Å²) in [5, 5.41) is 5.28. The van der Waals surface area contributed by atoms with Crippen molar-refractivity contribution in [2.45, 2.75) is 44.8 Å². The summed E-state index contributed by atoms with van der Waals surface area (Å²) in [7, 11) is -3.38. The highest BCUT2D eigenvalue weighted by Gasteiger charge is 2.30. The lowest BCUT2D eigenvalue weighted by atomic mass is 9.90. The number of carbonyl (C=O) groups is 2. The monoisotopic (exact) mass is 678 g/mol. The van der Waals surface area contributed by atoms with Gasteiger partial charge in [-0.05, 0) is 73.2 Å². The van der Waals surface area contributed by atoms with Crippen molar-refractivity contribution >= 4 is 33.3 Å². The van der Waals surface area contributed by atoms with Gasteiger partial charge in [-0.3, -0.25) is 14.4 Å². The summed E-state index contributed by atoms with van der Waals surface area (Å²) in [6.07, 6.45) is 4.79. The van der Waals surface area contributed by atoms with E-state index in [2.05, 4.69) is 44.3 Å². The molecule has 1 aliphatic rings. The normalized spacial score (nSPS) is 16.6. The van der Waals surface area contributed by atoms with Crippen LogP contribution in [-0.2, 0) is 23.0 Å². The maximum Gasteiger partial charge on any atom is 0.319 e. The van der Waals surface area contributed by atoms with E-state index in [9.17, 15) is 26.8 Å². The molecule has 11 nitrogen and oxygen atoms in total. The molecule has 5 N–H and O–H groups in total. The Morgan fingerprint density at radius 3 is 2.46 bits per heavy atom. The Morgan fingerprint density at radius 1 is 1.04 bits per heavy atom. The number of urea groups is 1. The number of piperidine rings is 1. The van der Waals surface area contributed by atoms with E-state index in [0.29, 0.717) is 49.3 Å². The highest BCUT2D eigenvalue weighted by atomic mass is 32.2. The molecule has 0 bridgehead atoms. The van der Waals surface area contributed by atoms with Gasteiger partial charge >= 0.3 is 6.03 Å². The number of pyridine rings is 1. The van der Waals surface area contributed by atoms with E-state index in [1.165, 1.54) is 5.56 Å².